The molecule has 3 atom stereocenters. The Morgan fingerprint density at radius 3 is 2.60 bits per heavy atom. The second-order valence-electron chi connectivity index (χ2n) is 6.89. The Morgan fingerprint density at radius 2 is 2.00 bits per heavy atom. The Bertz CT molecular complexity index is 280. The van der Waals surface area contributed by atoms with Crippen molar-refractivity contribution in [1.82, 2.24) is 5.32 Å². The summed E-state index contributed by atoms with van der Waals surface area (Å²) in [5.41, 5.74) is -0.171. The van der Waals surface area contributed by atoms with Crippen molar-refractivity contribution in [3.8, 4) is 0 Å². The molecule has 0 aromatic rings. The van der Waals surface area contributed by atoms with Gasteiger partial charge in [0.05, 0.1) is 24.9 Å². The van der Waals surface area contributed by atoms with Gasteiger partial charge in [-0.25, -0.2) is 0 Å². The van der Waals surface area contributed by atoms with E-state index in [2.05, 4.69) is 19.2 Å². The highest BCUT2D eigenvalue weighted by Crippen LogP contribution is 2.40. The van der Waals surface area contributed by atoms with Crippen LogP contribution < -0.4 is 5.32 Å². The topological polar surface area (TPSA) is 41.5 Å². The van der Waals surface area contributed by atoms with Crippen molar-refractivity contribution in [3.63, 3.8) is 0 Å². The van der Waals surface area contributed by atoms with Crippen molar-refractivity contribution in [3.05, 3.63) is 0 Å². The van der Waals surface area contributed by atoms with Crippen molar-refractivity contribution in [2.45, 2.75) is 76.9 Å². The minimum Gasteiger partial charge on any atom is -0.394 e. The first kappa shape index (κ1) is 16.3. The fourth-order valence-corrected chi connectivity index (χ4v) is 3.58. The third-order valence-corrected chi connectivity index (χ3v) is 5.26. The molecule has 0 heterocycles. The third kappa shape index (κ3) is 4.19. The fraction of sp³-hybridized carbons (Fsp3) is 1.00. The van der Waals surface area contributed by atoms with Crippen LogP contribution in [0.25, 0.3) is 0 Å². The lowest BCUT2D eigenvalue weighted by molar-refractivity contribution is -0.0400. The highest BCUT2D eigenvalue weighted by atomic mass is 16.5. The number of ether oxygens (including phenoxy) is 1. The number of aliphatic hydroxyl groups excluding tert-OH is 1. The van der Waals surface area contributed by atoms with Gasteiger partial charge in [0.1, 0.15) is 0 Å². The molecule has 2 N–H and O–H groups in total. The quantitative estimate of drug-likeness (QED) is 0.683. The smallest absolute Gasteiger partial charge is 0.0679 e. The molecule has 0 aromatic carbocycles. The Balaban J connectivity index is 1.84. The molecule has 2 fully saturated rings. The minimum atomic E-state index is -0.171. The maximum atomic E-state index is 9.90. The Labute approximate surface area is 124 Å². The molecule has 0 aromatic heterocycles. The SMILES string of the molecule is CCCNC(CO)(COC1CCCC(CC)C1)C1CC1. The number of hydrogen-bond acceptors (Lipinski definition) is 3. The number of nitrogens with one attached hydrogen (secondary N) is 1. The van der Waals surface area contributed by atoms with Gasteiger partial charge in [-0.2, -0.15) is 0 Å². The molecule has 0 amide bonds. The summed E-state index contributed by atoms with van der Waals surface area (Å²) in [6, 6.07) is 0. The molecule has 0 aliphatic heterocycles. The highest BCUT2D eigenvalue weighted by molar-refractivity contribution is 5.01. The summed E-state index contributed by atoms with van der Waals surface area (Å²) in [6.45, 7) is 6.34. The Hall–Kier alpha value is -0.120. The lowest BCUT2D eigenvalue weighted by Crippen LogP contribution is -2.55. The predicted molar refractivity (Wildman–Crippen MR) is 82.8 cm³/mol. The largest absolute Gasteiger partial charge is 0.394 e. The van der Waals surface area contributed by atoms with Gasteiger partial charge in [0.2, 0.25) is 0 Å². The molecular weight excluding hydrogens is 250 g/mol. The molecule has 2 aliphatic carbocycles. The highest BCUT2D eigenvalue weighted by Gasteiger charge is 2.45. The first-order valence-corrected chi connectivity index (χ1v) is 8.71. The van der Waals surface area contributed by atoms with Crippen molar-refractivity contribution in [1.29, 1.82) is 0 Å². The zero-order valence-electron chi connectivity index (χ0n) is 13.4. The molecular formula is C17H33NO2. The van der Waals surface area contributed by atoms with E-state index >= 15 is 0 Å². The van der Waals surface area contributed by atoms with Gasteiger partial charge >= 0.3 is 0 Å². The lowest BCUT2D eigenvalue weighted by atomic mass is 9.85. The average molecular weight is 283 g/mol. The molecule has 3 heteroatoms. The van der Waals surface area contributed by atoms with Gasteiger partial charge in [-0.3, -0.25) is 0 Å². The van der Waals surface area contributed by atoms with Crippen molar-refractivity contribution < 1.29 is 9.84 Å². The maximum absolute atomic E-state index is 9.90. The van der Waals surface area contributed by atoms with Crippen LogP contribution in [-0.4, -0.2) is 36.5 Å². The van der Waals surface area contributed by atoms with Gasteiger partial charge in [0, 0.05) is 0 Å². The number of hydrogen-bond donors (Lipinski definition) is 2. The van der Waals surface area contributed by atoms with Crippen LogP contribution in [-0.2, 0) is 4.74 Å². The Morgan fingerprint density at radius 1 is 1.20 bits per heavy atom. The molecule has 0 radical (unpaired) electrons. The molecule has 0 bridgehead atoms. The van der Waals surface area contributed by atoms with Gasteiger partial charge in [-0.15, -0.1) is 0 Å². The van der Waals surface area contributed by atoms with E-state index in [0.717, 1.165) is 18.9 Å². The molecule has 20 heavy (non-hydrogen) atoms. The molecule has 0 spiro atoms. The monoisotopic (exact) mass is 283 g/mol. The van der Waals surface area contributed by atoms with Crippen LogP contribution in [0.3, 0.4) is 0 Å². The van der Waals surface area contributed by atoms with E-state index in [4.69, 9.17) is 4.74 Å². The summed E-state index contributed by atoms with van der Waals surface area (Å²) in [5.74, 6) is 1.46. The Kier molecular flexibility index (Phi) is 6.31. The van der Waals surface area contributed by atoms with Crippen LogP contribution in [0.4, 0.5) is 0 Å². The van der Waals surface area contributed by atoms with E-state index < -0.39 is 0 Å². The van der Waals surface area contributed by atoms with Crippen molar-refractivity contribution in [2.75, 3.05) is 19.8 Å². The van der Waals surface area contributed by atoms with E-state index in [-0.39, 0.29) is 12.1 Å². The lowest BCUT2D eigenvalue weighted by Gasteiger charge is -2.36. The van der Waals surface area contributed by atoms with Crippen LogP contribution >= 0.6 is 0 Å². The third-order valence-electron chi connectivity index (χ3n) is 5.26. The van der Waals surface area contributed by atoms with E-state index in [1.807, 2.05) is 0 Å². The van der Waals surface area contributed by atoms with Gasteiger partial charge in [0.25, 0.3) is 0 Å². The second-order valence-corrected chi connectivity index (χ2v) is 6.89. The first-order chi connectivity index (χ1) is 9.74. The molecule has 3 nitrogen and oxygen atoms in total. The summed E-state index contributed by atoms with van der Waals surface area (Å²) < 4.78 is 6.25. The first-order valence-electron chi connectivity index (χ1n) is 8.71. The van der Waals surface area contributed by atoms with E-state index in [1.54, 1.807) is 0 Å². The average Bonchev–Trinajstić information content (AvgIpc) is 3.33. The minimum absolute atomic E-state index is 0.171. The molecule has 2 aliphatic rings. The fourth-order valence-electron chi connectivity index (χ4n) is 3.58. The number of rotatable bonds is 9. The molecule has 2 saturated carbocycles. The van der Waals surface area contributed by atoms with Gasteiger partial charge in [0.15, 0.2) is 0 Å². The van der Waals surface area contributed by atoms with Crippen LogP contribution in [0.15, 0.2) is 0 Å². The van der Waals surface area contributed by atoms with Gasteiger partial charge < -0.3 is 15.2 Å². The van der Waals surface area contributed by atoms with E-state index in [0.29, 0.717) is 18.6 Å². The normalized spacial score (nSPS) is 30.1. The summed E-state index contributed by atoms with van der Waals surface area (Å²) in [4.78, 5) is 0. The van der Waals surface area contributed by atoms with Gasteiger partial charge in [-0.05, 0) is 50.5 Å². The van der Waals surface area contributed by atoms with Crippen LogP contribution in [0, 0.1) is 11.8 Å². The zero-order chi connectivity index (χ0) is 14.4. The molecule has 3 unspecified atom stereocenters. The summed E-state index contributed by atoms with van der Waals surface area (Å²) in [7, 11) is 0. The van der Waals surface area contributed by atoms with Gasteiger partial charge in [-0.1, -0.05) is 33.1 Å². The van der Waals surface area contributed by atoms with E-state index in [9.17, 15) is 5.11 Å². The van der Waals surface area contributed by atoms with Crippen LogP contribution in [0.5, 0.6) is 0 Å². The second kappa shape index (κ2) is 7.77. The summed E-state index contributed by atoms with van der Waals surface area (Å²) >= 11 is 0. The standard InChI is InChI=1S/C17H33NO2/c1-3-10-18-17(12-19,15-8-9-15)13-20-16-7-5-6-14(4-2)11-16/h14-16,18-19H,3-13H2,1-2H3. The van der Waals surface area contributed by atoms with Crippen LogP contribution in [0.2, 0.25) is 0 Å². The van der Waals surface area contributed by atoms with E-state index in [1.165, 1.54) is 44.9 Å². The van der Waals surface area contributed by atoms with Crippen LogP contribution in [0.1, 0.15) is 65.2 Å². The molecule has 118 valence electrons. The predicted octanol–water partition coefficient (Wildman–Crippen LogP) is 3.11. The molecule has 2 rings (SSSR count). The maximum Gasteiger partial charge on any atom is 0.0679 e. The zero-order valence-corrected chi connectivity index (χ0v) is 13.4. The van der Waals surface area contributed by atoms with Crippen molar-refractivity contribution >= 4 is 0 Å². The summed E-state index contributed by atoms with van der Waals surface area (Å²) in [6.07, 6.45) is 10.4. The van der Waals surface area contributed by atoms with Crippen molar-refractivity contribution in [2.24, 2.45) is 11.8 Å². The number of aliphatic hydroxyl groups is 1. The summed E-state index contributed by atoms with van der Waals surface area (Å²) in [5, 5.41) is 13.5. The molecule has 0 saturated heterocycles.